The van der Waals surface area contributed by atoms with Gasteiger partial charge in [0.1, 0.15) is 0 Å². The Morgan fingerprint density at radius 3 is 3.00 bits per heavy atom. The van der Waals surface area contributed by atoms with E-state index in [1.54, 1.807) is 0 Å². The average molecular weight is 250 g/mol. The van der Waals surface area contributed by atoms with E-state index < -0.39 is 0 Å². The number of fused-ring (bicyclic) bond motifs is 2. The summed E-state index contributed by atoms with van der Waals surface area (Å²) in [6.45, 7) is 0.541. The SMILES string of the molecule is NC1C2CCC(C2)C1C(=O)NCCc1ncon1. The molecule has 6 heteroatoms. The molecule has 2 saturated carbocycles. The van der Waals surface area contributed by atoms with E-state index in [1.807, 2.05) is 0 Å². The topological polar surface area (TPSA) is 94.0 Å². The van der Waals surface area contributed by atoms with Crippen molar-refractivity contribution in [1.29, 1.82) is 0 Å². The minimum atomic E-state index is 0.00835. The van der Waals surface area contributed by atoms with Gasteiger partial charge < -0.3 is 15.6 Å². The number of aromatic nitrogens is 2. The maximum absolute atomic E-state index is 12.1. The van der Waals surface area contributed by atoms with E-state index in [2.05, 4.69) is 20.0 Å². The van der Waals surface area contributed by atoms with Crippen LogP contribution in [0.5, 0.6) is 0 Å². The molecule has 0 aliphatic heterocycles. The van der Waals surface area contributed by atoms with Gasteiger partial charge in [0.25, 0.3) is 0 Å². The average Bonchev–Trinajstić information content (AvgIpc) is 3.03. The van der Waals surface area contributed by atoms with Crippen molar-refractivity contribution in [3.8, 4) is 0 Å². The van der Waals surface area contributed by atoms with Crippen molar-refractivity contribution in [2.75, 3.05) is 6.54 Å². The molecule has 2 bridgehead atoms. The molecule has 1 amide bonds. The van der Waals surface area contributed by atoms with Crippen molar-refractivity contribution in [2.45, 2.75) is 31.7 Å². The third kappa shape index (κ3) is 2.01. The van der Waals surface area contributed by atoms with E-state index in [-0.39, 0.29) is 17.9 Å². The maximum atomic E-state index is 12.1. The van der Waals surface area contributed by atoms with Crippen LogP contribution in [0.3, 0.4) is 0 Å². The summed E-state index contributed by atoms with van der Waals surface area (Å²) in [5.41, 5.74) is 6.13. The van der Waals surface area contributed by atoms with Crippen LogP contribution in [0.2, 0.25) is 0 Å². The molecule has 2 aliphatic carbocycles. The summed E-state index contributed by atoms with van der Waals surface area (Å²) in [5.74, 6) is 1.78. The summed E-state index contributed by atoms with van der Waals surface area (Å²) in [6.07, 6.45) is 5.37. The normalized spacial score (nSPS) is 33.8. The van der Waals surface area contributed by atoms with Crippen LogP contribution in [0.15, 0.2) is 10.9 Å². The highest BCUT2D eigenvalue weighted by Crippen LogP contribution is 2.47. The molecule has 3 N–H and O–H groups in total. The zero-order valence-corrected chi connectivity index (χ0v) is 10.2. The van der Waals surface area contributed by atoms with E-state index in [0.29, 0.717) is 30.6 Å². The quantitative estimate of drug-likeness (QED) is 0.790. The van der Waals surface area contributed by atoms with Crippen LogP contribution in [0.4, 0.5) is 0 Å². The Kier molecular flexibility index (Phi) is 3.03. The number of nitrogens with two attached hydrogens (primary N) is 1. The number of carbonyl (C=O) groups is 1. The number of carbonyl (C=O) groups excluding carboxylic acids is 1. The van der Waals surface area contributed by atoms with Gasteiger partial charge in [0.15, 0.2) is 5.82 Å². The van der Waals surface area contributed by atoms with Gasteiger partial charge >= 0.3 is 0 Å². The van der Waals surface area contributed by atoms with Crippen LogP contribution in [-0.4, -0.2) is 28.6 Å². The Morgan fingerprint density at radius 1 is 1.50 bits per heavy atom. The molecule has 4 atom stereocenters. The van der Waals surface area contributed by atoms with Gasteiger partial charge in [0.05, 0.1) is 5.92 Å². The van der Waals surface area contributed by atoms with Gasteiger partial charge in [-0.2, -0.15) is 4.98 Å². The summed E-state index contributed by atoms with van der Waals surface area (Å²) < 4.78 is 4.64. The van der Waals surface area contributed by atoms with Gasteiger partial charge in [-0.1, -0.05) is 5.16 Å². The Hall–Kier alpha value is -1.43. The van der Waals surface area contributed by atoms with E-state index >= 15 is 0 Å². The van der Waals surface area contributed by atoms with E-state index in [9.17, 15) is 4.79 Å². The van der Waals surface area contributed by atoms with Crippen molar-refractivity contribution in [1.82, 2.24) is 15.5 Å². The van der Waals surface area contributed by atoms with Gasteiger partial charge in [-0.05, 0) is 31.1 Å². The molecule has 1 aromatic heterocycles. The van der Waals surface area contributed by atoms with Crippen molar-refractivity contribution >= 4 is 5.91 Å². The van der Waals surface area contributed by atoms with Crippen LogP contribution in [-0.2, 0) is 11.2 Å². The molecular formula is C12H18N4O2. The van der Waals surface area contributed by atoms with Gasteiger partial charge in [-0.25, -0.2) is 0 Å². The minimum Gasteiger partial charge on any atom is -0.355 e. The number of rotatable bonds is 4. The highest BCUT2D eigenvalue weighted by molar-refractivity contribution is 5.80. The van der Waals surface area contributed by atoms with Crippen molar-refractivity contribution in [3.05, 3.63) is 12.2 Å². The molecule has 18 heavy (non-hydrogen) atoms. The summed E-state index contributed by atoms with van der Waals surface area (Å²) in [6, 6.07) is 0.0499. The molecule has 2 fully saturated rings. The zero-order chi connectivity index (χ0) is 12.5. The Morgan fingerprint density at radius 2 is 2.33 bits per heavy atom. The number of amides is 1. The van der Waals surface area contributed by atoms with Crippen LogP contribution in [0, 0.1) is 17.8 Å². The standard InChI is InChI=1S/C12H18N4O2/c13-11-8-2-1-7(5-8)10(11)12(17)14-4-3-9-15-6-18-16-9/h6-8,10-11H,1-5,13H2,(H,14,17). The lowest BCUT2D eigenvalue weighted by molar-refractivity contribution is -0.127. The third-order valence-corrected chi connectivity index (χ3v) is 4.34. The molecule has 98 valence electrons. The summed E-state index contributed by atoms with van der Waals surface area (Å²) in [5, 5.41) is 6.64. The fourth-order valence-electron chi connectivity index (χ4n) is 3.44. The van der Waals surface area contributed by atoms with E-state index in [4.69, 9.17) is 5.73 Å². The smallest absolute Gasteiger partial charge is 0.224 e. The largest absolute Gasteiger partial charge is 0.355 e. The molecule has 0 spiro atoms. The van der Waals surface area contributed by atoms with Crippen LogP contribution < -0.4 is 11.1 Å². The molecule has 0 aromatic carbocycles. The predicted molar refractivity (Wildman–Crippen MR) is 63.3 cm³/mol. The first-order valence-electron chi connectivity index (χ1n) is 6.54. The lowest BCUT2D eigenvalue weighted by Gasteiger charge is -2.26. The molecule has 4 unspecified atom stereocenters. The van der Waals surface area contributed by atoms with Crippen LogP contribution in [0.25, 0.3) is 0 Å². The first-order valence-corrected chi connectivity index (χ1v) is 6.54. The summed E-state index contributed by atoms with van der Waals surface area (Å²) in [4.78, 5) is 16.0. The van der Waals surface area contributed by atoms with Gasteiger partial charge in [-0.15, -0.1) is 0 Å². The third-order valence-electron chi connectivity index (χ3n) is 4.34. The summed E-state index contributed by atoms with van der Waals surface area (Å²) in [7, 11) is 0. The van der Waals surface area contributed by atoms with Crippen molar-refractivity contribution < 1.29 is 9.32 Å². The van der Waals surface area contributed by atoms with Crippen molar-refractivity contribution in [3.63, 3.8) is 0 Å². The first kappa shape index (κ1) is 11.6. The van der Waals surface area contributed by atoms with E-state index in [1.165, 1.54) is 12.8 Å². The molecule has 2 aliphatic rings. The molecule has 1 heterocycles. The Balaban J connectivity index is 1.50. The molecule has 1 aromatic rings. The second kappa shape index (κ2) is 4.68. The lowest BCUT2D eigenvalue weighted by atomic mass is 9.84. The second-order valence-corrected chi connectivity index (χ2v) is 5.32. The maximum Gasteiger partial charge on any atom is 0.224 e. The molecule has 0 saturated heterocycles. The van der Waals surface area contributed by atoms with Gasteiger partial charge in [0, 0.05) is 19.0 Å². The van der Waals surface area contributed by atoms with Gasteiger partial charge in [0.2, 0.25) is 12.3 Å². The van der Waals surface area contributed by atoms with E-state index in [0.717, 1.165) is 12.8 Å². The Bertz CT molecular complexity index is 418. The molecule has 6 nitrogen and oxygen atoms in total. The fourth-order valence-corrected chi connectivity index (χ4v) is 3.44. The monoisotopic (exact) mass is 250 g/mol. The molecular weight excluding hydrogens is 232 g/mol. The highest BCUT2D eigenvalue weighted by atomic mass is 16.5. The number of nitrogens with zero attached hydrogens (tertiary/aromatic N) is 2. The van der Waals surface area contributed by atoms with Crippen molar-refractivity contribution in [2.24, 2.45) is 23.5 Å². The predicted octanol–water partition coefficient (Wildman–Crippen LogP) is 0.102. The number of hydrogen-bond donors (Lipinski definition) is 2. The van der Waals surface area contributed by atoms with Gasteiger partial charge in [-0.3, -0.25) is 4.79 Å². The fraction of sp³-hybridized carbons (Fsp3) is 0.750. The highest BCUT2D eigenvalue weighted by Gasteiger charge is 2.48. The minimum absolute atomic E-state index is 0.00835. The Labute approximate surface area is 105 Å². The lowest BCUT2D eigenvalue weighted by Crippen LogP contribution is -2.45. The first-order chi connectivity index (χ1) is 8.75. The second-order valence-electron chi connectivity index (χ2n) is 5.32. The van der Waals surface area contributed by atoms with Crippen LogP contribution >= 0.6 is 0 Å². The van der Waals surface area contributed by atoms with Crippen LogP contribution in [0.1, 0.15) is 25.1 Å². The number of nitrogens with one attached hydrogen (secondary N) is 1. The number of hydrogen-bond acceptors (Lipinski definition) is 5. The molecule has 0 radical (unpaired) electrons. The summed E-state index contributed by atoms with van der Waals surface area (Å²) >= 11 is 0. The zero-order valence-electron chi connectivity index (χ0n) is 10.2. The molecule has 3 rings (SSSR count).